The van der Waals surface area contributed by atoms with E-state index in [0.717, 1.165) is 18.2 Å². The molecule has 0 saturated carbocycles. The zero-order valence-electron chi connectivity index (χ0n) is 18.7. The van der Waals surface area contributed by atoms with Crippen LogP contribution in [0.1, 0.15) is 52.2 Å². The highest BCUT2D eigenvalue weighted by molar-refractivity contribution is 7.87. The van der Waals surface area contributed by atoms with E-state index in [1.807, 2.05) is 34.6 Å². The number of hydrogen-bond donors (Lipinski definition) is 0. The van der Waals surface area contributed by atoms with E-state index in [1.165, 1.54) is 12.1 Å². The summed E-state index contributed by atoms with van der Waals surface area (Å²) >= 11 is 0. The van der Waals surface area contributed by atoms with E-state index in [4.69, 9.17) is 4.18 Å². The standard InChI is InChI=1S/C23H28F3NO4S/c1-16(2)27(21(28)14-22(3,4)5)15-17-8-6-10-19(12-17)31-32(29,30)20-11-7-9-18(13-20)23(24,25)26/h6-13,16H,14-15H2,1-5H3. The molecule has 5 nitrogen and oxygen atoms in total. The van der Waals surface area contributed by atoms with E-state index >= 15 is 0 Å². The van der Waals surface area contributed by atoms with Crippen LogP contribution >= 0.6 is 0 Å². The van der Waals surface area contributed by atoms with Crippen molar-refractivity contribution in [2.75, 3.05) is 0 Å². The second kappa shape index (κ2) is 9.52. The van der Waals surface area contributed by atoms with Crippen LogP contribution < -0.4 is 4.18 Å². The summed E-state index contributed by atoms with van der Waals surface area (Å²) in [4.78, 5) is 13.8. The van der Waals surface area contributed by atoms with Gasteiger partial charge in [0.1, 0.15) is 10.6 Å². The highest BCUT2D eigenvalue weighted by atomic mass is 32.2. The molecule has 32 heavy (non-hydrogen) atoms. The van der Waals surface area contributed by atoms with Gasteiger partial charge in [-0.1, -0.05) is 39.0 Å². The summed E-state index contributed by atoms with van der Waals surface area (Å²) in [7, 11) is -4.48. The lowest BCUT2D eigenvalue weighted by Gasteiger charge is -2.30. The first-order chi connectivity index (χ1) is 14.6. The van der Waals surface area contributed by atoms with Crippen LogP contribution in [0.4, 0.5) is 13.2 Å². The Morgan fingerprint density at radius 2 is 1.66 bits per heavy atom. The van der Waals surface area contributed by atoms with Crippen LogP contribution in [0.2, 0.25) is 0 Å². The molecule has 9 heteroatoms. The molecule has 0 aliphatic heterocycles. The Balaban J connectivity index is 2.25. The lowest BCUT2D eigenvalue weighted by Crippen LogP contribution is -2.38. The molecule has 0 unspecified atom stereocenters. The highest BCUT2D eigenvalue weighted by Gasteiger charge is 2.32. The van der Waals surface area contributed by atoms with E-state index in [2.05, 4.69) is 0 Å². The molecule has 0 N–H and O–H groups in total. The van der Waals surface area contributed by atoms with Crippen molar-refractivity contribution in [3.63, 3.8) is 0 Å². The first kappa shape index (κ1) is 25.7. The molecule has 0 aromatic heterocycles. The van der Waals surface area contributed by atoms with Gasteiger partial charge in [0.15, 0.2) is 0 Å². The van der Waals surface area contributed by atoms with Gasteiger partial charge >= 0.3 is 16.3 Å². The molecule has 0 fully saturated rings. The van der Waals surface area contributed by atoms with Crippen molar-refractivity contribution in [1.29, 1.82) is 0 Å². The Hall–Kier alpha value is -2.55. The van der Waals surface area contributed by atoms with Gasteiger partial charge in [-0.15, -0.1) is 0 Å². The van der Waals surface area contributed by atoms with Crippen LogP contribution in [0.3, 0.4) is 0 Å². The fourth-order valence-corrected chi connectivity index (χ4v) is 3.98. The Morgan fingerprint density at radius 3 is 2.22 bits per heavy atom. The predicted octanol–water partition coefficient (Wildman–Crippen LogP) is 5.65. The van der Waals surface area contributed by atoms with Crippen molar-refractivity contribution < 1.29 is 30.6 Å². The molecule has 0 aliphatic carbocycles. The molecule has 176 valence electrons. The van der Waals surface area contributed by atoms with Gasteiger partial charge in [0.25, 0.3) is 0 Å². The van der Waals surface area contributed by atoms with E-state index < -0.39 is 26.8 Å². The van der Waals surface area contributed by atoms with Crippen molar-refractivity contribution in [3.8, 4) is 5.75 Å². The van der Waals surface area contributed by atoms with Crippen molar-refractivity contribution in [1.82, 2.24) is 4.90 Å². The molecule has 2 rings (SSSR count). The van der Waals surface area contributed by atoms with E-state index in [1.54, 1.807) is 17.0 Å². The van der Waals surface area contributed by atoms with Gasteiger partial charge in [-0.2, -0.15) is 21.6 Å². The number of amides is 1. The maximum absolute atomic E-state index is 12.9. The Bertz CT molecular complexity index is 1060. The fourth-order valence-electron chi connectivity index (χ4n) is 3.01. The predicted molar refractivity (Wildman–Crippen MR) is 115 cm³/mol. The van der Waals surface area contributed by atoms with E-state index in [-0.39, 0.29) is 29.7 Å². The van der Waals surface area contributed by atoms with Crippen LogP contribution in [-0.2, 0) is 27.6 Å². The maximum Gasteiger partial charge on any atom is 0.416 e. The summed E-state index contributed by atoms with van der Waals surface area (Å²) in [5.41, 5.74) is -0.632. The Morgan fingerprint density at radius 1 is 1.03 bits per heavy atom. The van der Waals surface area contributed by atoms with Crippen LogP contribution in [-0.4, -0.2) is 25.3 Å². The largest absolute Gasteiger partial charge is 0.416 e. The summed E-state index contributed by atoms with van der Waals surface area (Å²) in [6.45, 7) is 9.93. The molecule has 0 spiro atoms. The fraction of sp³-hybridized carbons (Fsp3) is 0.435. The SMILES string of the molecule is CC(C)N(Cc1cccc(OS(=O)(=O)c2cccc(C(F)(F)F)c2)c1)C(=O)CC(C)(C)C. The Labute approximate surface area is 187 Å². The van der Waals surface area contributed by atoms with E-state index in [0.29, 0.717) is 18.1 Å². The molecule has 2 aromatic carbocycles. The molecule has 0 saturated heterocycles. The smallest absolute Gasteiger partial charge is 0.379 e. The molecular weight excluding hydrogens is 443 g/mol. The van der Waals surface area contributed by atoms with Crippen LogP contribution in [0, 0.1) is 5.41 Å². The number of rotatable bonds is 7. The first-order valence-electron chi connectivity index (χ1n) is 10.1. The molecule has 0 bridgehead atoms. The van der Waals surface area contributed by atoms with E-state index in [9.17, 15) is 26.4 Å². The van der Waals surface area contributed by atoms with Crippen molar-refractivity contribution in [2.45, 2.75) is 64.7 Å². The third-order valence-electron chi connectivity index (χ3n) is 4.53. The number of carbonyl (C=O) groups is 1. The molecule has 0 atom stereocenters. The number of benzene rings is 2. The number of carbonyl (C=O) groups excluding carboxylic acids is 1. The monoisotopic (exact) mass is 471 g/mol. The molecule has 2 aromatic rings. The minimum atomic E-state index is -4.68. The maximum atomic E-state index is 12.9. The minimum Gasteiger partial charge on any atom is -0.379 e. The topological polar surface area (TPSA) is 63.7 Å². The third-order valence-corrected chi connectivity index (χ3v) is 5.78. The van der Waals surface area contributed by atoms with Gasteiger partial charge in [0.05, 0.1) is 5.56 Å². The summed E-state index contributed by atoms with van der Waals surface area (Å²) in [5, 5.41) is 0. The van der Waals surface area contributed by atoms with Crippen molar-refractivity contribution in [2.24, 2.45) is 5.41 Å². The summed E-state index contributed by atoms with van der Waals surface area (Å²) in [5.74, 6) is -0.0812. The summed E-state index contributed by atoms with van der Waals surface area (Å²) < 4.78 is 68.9. The van der Waals surface area contributed by atoms with Gasteiger partial charge in [0, 0.05) is 19.0 Å². The van der Waals surface area contributed by atoms with Crippen LogP contribution in [0.5, 0.6) is 5.75 Å². The molecule has 1 amide bonds. The van der Waals surface area contributed by atoms with Crippen molar-refractivity contribution in [3.05, 3.63) is 59.7 Å². The lowest BCUT2D eigenvalue weighted by atomic mass is 9.91. The van der Waals surface area contributed by atoms with Crippen LogP contribution in [0.15, 0.2) is 53.4 Å². The van der Waals surface area contributed by atoms with Crippen molar-refractivity contribution >= 4 is 16.0 Å². The number of hydrogen-bond acceptors (Lipinski definition) is 4. The second-order valence-corrected chi connectivity index (χ2v) is 10.6. The first-order valence-corrected chi connectivity index (χ1v) is 11.5. The summed E-state index contributed by atoms with van der Waals surface area (Å²) in [6.07, 6.45) is -4.32. The molecule has 0 heterocycles. The molecule has 0 aliphatic rings. The number of halogens is 3. The zero-order valence-corrected chi connectivity index (χ0v) is 19.5. The number of alkyl halides is 3. The van der Waals surface area contributed by atoms with Gasteiger partial charge in [-0.3, -0.25) is 4.79 Å². The normalized spacial score (nSPS) is 12.7. The average molecular weight is 472 g/mol. The zero-order chi connectivity index (χ0) is 24.3. The average Bonchev–Trinajstić information content (AvgIpc) is 2.64. The van der Waals surface area contributed by atoms with Gasteiger partial charge < -0.3 is 9.08 Å². The third kappa shape index (κ3) is 7.25. The molecular formula is C23H28F3NO4S. The lowest BCUT2D eigenvalue weighted by molar-refractivity contribution is -0.138. The second-order valence-electron chi connectivity index (χ2n) is 9.06. The highest BCUT2D eigenvalue weighted by Crippen LogP contribution is 2.31. The van der Waals surface area contributed by atoms with Gasteiger partial charge in [-0.05, 0) is 55.2 Å². The summed E-state index contributed by atoms with van der Waals surface area (Å²) in [6, 6.07) is 9.44. The van der Waals surface area contributed by atoms with Gasteiger partial charge in [0.2, 0.25) is 5.91 Å². The quantitative estimate of drug-likeness (QED) is 0.490. The minimum absolute atomic E-state index is 0.0320. The Kier molecular flexibility index (Phi) is 7.65. The molecule has 0 radical (unpaired) electrons. The van der Waals surface area contributed by atoms with Crippen LogP contribution in [0.25, 0.3) is 0 Å². The number of nitrogens with zero attached hydrogens (tertiary/aromatic N) is 1. The van der Waals surface area contributed by atoms with Gasteiger partial charge in [-0.25, -0.2) is 0 Å².